The molecule has 170 valence electrons. The molecule has 0 radical (unpaired) electrons. The summed E-state index contributed by atoms with van der Waals surface area (Å²) in [5, 5.41) is 4.54. The van der Waals surface area contributed by atoms with Gasteiger partial charge in [0.15, 0.2) is 0 Å². The van der Waals surface area contributed by atoms with E-state index in [2.05, 4.69) is 24.4 Å². The molecule has 34 heavy (non-hydrogen) atoms. The van der Waals surface area contributed by atoms with Crippen LogP contribution in [0.15, 0.2) is 78.9 Å². The summed E-state index contributed by atoms with van der Waals surface area (Å²) in [6, 6.07) is 25.9. The molecule has 0 atom stereocenters. The third kappa shape index (κ3) is 4.58. The number of para-hydroxylation sites is 1. The molecule has 5 nitrogen and oxygen atoms in total. The van der Waals surface area contributed by atoms with Gasteiger partial charge < -0.3 is 14.8 Å². The van der Waals surface area contributed by atoms with Crippen molar-refractivity contribution in [3.63, 3.8) is 0 Å². The van der Waals surface area contributed by atoms with Gasteiger partial charge in [-0.05, 0) is 74.9 Å². The number of hydrogen-bond acceptors (Lipinski definition) is 6. The number of hydrogen-bond donors (Lipinski definition) is 1. The molecule has 3 aromatic carbocycles. The zero-order valence-electron chi connectivity index (χ0n) is 19.3. The first-order valence-corrected chi connectivity index (χ1v) is 12.0. The number of thiophene rings is 1. The van der Waals surface area contributed by atoms with Gasteiger partial charge in [0.05, 0.1) is 12.0 Å². The van der Waals surface area contributed by atoms with Gasteiger partial charge in [0.2, 0.25) is 0 Å². The van der Waals surface area contributed by atoms with Crippen LogP contribution < -0.4 is 14.8 Å². The number of ether oxygens (including phenoxy) is 2. The molecular formula is C28H25N3O2S. The van der Waals surface area contributed by atoms with E-state index in [1.54, 1.807) is 11.3 Å². The van der Waals surface area contributed by atoms with Crippen LogP contribution in [0.3, 0.4) is 0 Å². The van der Waals surface area contributed by atoms with E-state index in [1.165, 1.54) is 4.88 Å². The normalized spacial score (nSPS) is 10.9. The lowest BCUT2D eigenvalue weighted by Gasteiger charge is -2.12. The molecule has 2 heterocycles. The fourth-order valence-corrected chi connectivity index (χ4v) is 5.00. The van der Waals surface area contributed by atoms with Gasteiger partial charge in [-0.1, -0.05) is 30.3 Å². The minimum Gasteiger partial charge on any atom is -0.494 e. The van der Waals surface area contributed by atoms with Gasteiger partial charge in [0.1, 0.15) is 33.7 Å². The largest absolute Gasteiger partial charge is 0.494 e. The number of aromatic nitrogens is 2. The monoisotopic (exact) mass is 467 g/mol. The lowest BCUT2D eigenvalue weighted by molar-refractivity contribution is 0.340. The lowest BCUT2D eigenvalue weighted by atomic mass is 10.0. The first-order valence-electron chi connectivity index (χ1n) is 11.2. The van der Waals surface area contributed by atoms with Crippen LogP contribution in [0.25, 0.3) is 21.3 Å². The number of nitrogens with one attached hydrogen (secondary N) is 1. The van der Waals surface area contributed by atoms with Gasteiger partial charge in [-0.3, -0.25) is 0 Å². The van der Waals surface area contributed by atoms with Gasteiger partial charge in [0, 0.05) is 16.1 Å². The van der Waals surface area contributed by atoms with Gasteiger partial charge in [-0.25, -0.2) is 9.97 Å². The molecule has 0 unspecified atom stereocenters. The van der Waals surface area contributed by atoms with Crippen molar-refractivity contribution in [1.82, 2.24) is 9.97 Å². The third-order valence-corrected chi connectivity index (χ3v) is 6.39. The Morgan fingerprint density at radius 2 is 1.47 bits per heavy atom. The highest BCUT2D eigenvalue weighted by Crippen LogP contribution is 2.42. The smallest absolute Gasteiger partial charge is 0.143 e. The Hall–Kier alpha value is -3.90. The highest BCUT2D eigenvalue weighted by Gasteiger charge is 2.18. The molecule has 0 aliphatic rings. The molecule has 0 amide bonds. The van der Waals surface area contributed by atoms with Crippen LogP contribution in [0, 0.1) is 13.8 Å². The first kappa shape index (κ1) is 21.9. The van der Waals surface area contributed by atoms with E-state index in [-0.39, 0.29) is 0 Å². The third-order valence-electron chi connectivity index (χ3n) is 5.39. The van der Waals surface area contributed by atoms with Crippen molar-refractivity contribution in [1.29, 1.82) is 0 Å². The van der Waals surface area contributed by atoms with Crippen molar-refractivity contribution < 1.29 is 9.47 Å². The Morgan fingerprint density at radius 1 is 0.794 bits per heavy atom. The van der Waals surface area contributed by atoms with E-state index in [9.17, 15) is 0 Å². The second-order valence-electron chi connectivity index (χ2n) is 7.85. The van der Waals surface area contributed by atoms with E-state index < -0.39 is 0 Å². The molecule has 0 aliphatic carbocycles. The van der Waals surface area contributed by atoms with Crippen LogP contribution in [0.2, 0.25) is 0 Å². The van der Waals surface area contributed by atoms with Gasteiger partial charge >= 0.3 is 0 Å². The maximum Gasteiger partial charge on any atom is 0.143 e. The number of anilines is 2. The van der Waals surface area contributed by atoms with Crippen molar-refractivity contribution in [2.75, 3.05) is 11.9 Å². The second-order valence-corrected chi connectivity index (χ2v) is 9.06. The quantitative estimate of drug-likeness (QED) is 0.263. The van der Waals surface area contributed by atoms with Crippen LogP contribution in [0.1, 0.15) is 17.6 Å². The van der Waals surface area contributed by atoms with Crippen molar-refractivity contribution in [2.24, 2.45) is 0 Å². The Morgan fingerprint density at radius 3 is 2.18 bits per heavy atom. The first-order chi connectivity index (χ1) is 16.6. The fraction of sp³-hybridized carbons (Fsp3) is 0.143. The van der Waals surface area contributed by atoms with E-state index in [1.807, 2.05) is 80.6 Å². The molecule has 0 saturated heterocycles. The van der Waals surface area contributed by atoms with Gasteiger partial charge in [-0.15, -0.1) is 11.3 Å². The highest BCUT2D eigenvalue weighted by molar-refractivity contribution is 7.19. The maximum atomic E-state index is 5.92. The summed E-state index contributed by atoms with van der Waals surface area (Å²) in [7, 11) is 0. The Balaban J connectivity index is 1.48. The molecule has 0 bridgehead atoms. The number of nitrogens with zero attached hydrogens (tertiary/aromatic N) is 2. The molecule has 5 aromatic rings. The molecule has 0 spiro atoms. The van der Waals surface area contributed by atoms with Crippen LogP contribution in [0.4, 0.5) is 11.5 Å². The van der Waals surface area contributed by atoms with Crippen molar-refractivity contribution in [3.05, 3.63) is 89.6 Å². The summed E-state index contributed by atoms with van der Waals surface area (Å²) in [4.78, 5) is 11.7. The number of rotatable bonds is 7. The molecule has 6 heteroatoms. The summed E-state index contributed by atoms with van der Waals surface area (Å²) in [6.07, 6.45) is 0. The molecule has 0 fully saturated rings. The van der Waals surface area contributed by atoms with Crippen LogP contribution in [-0.4, -0.2) is 16.6 Å². The standard InChI is InChI=1S/C28H25N3O2S/c1-4-32-22-14-10-20(11-15-22)25-18(2)34-28-26(25)27(29-19(3)30-28)31-21-12-16-24(17-13-21)33-23-8-6-5-7-9-23/h5-17H,4H2,1-3H3,(H,29,30,31). The van der Waals surface area contributed by atoms with E-state index in [0.29, 0.717) is 6.61 Å². The average Bonchev–Trinajstić information content (AvgIpc) is 3.17. The van der Waals surface area contributed by atoms with Crippen LogP contribution in [-0.2, 0) is 0 Å². The summed E-state index contributed by atoms with van der Waals surface area (Å²) < 4.78 is 11.5. The highest BCUT2D eigenvalue weighted by atomic mass is 32.1. The molecule has 5 rings (SSSR count). The number of fused-ring (bicyclic) bond motifs is 1. The van der Waals surface area contributed by atoms with Crippen molar-refractivity contribution in [2.45, 2.75) is 20.8 Å². The maximum absolute atomic E-state index is 5.92. The van der Waals surface area contributed by atoms with E-state index >= 15 is 0 Å². The molecule has 1 N–H and O–H groups in total. The molecular weight excluding hydrogens is 442 g/mol. The topological polar surface area (TPSA) is 56.3 Å². The van der Waals surface area contributed by atoms with E-state index in [4.69, 9.17) is 19.4 Å². The van der Waals surface area contributed by atoms with Gasteiger partial charge in [0.25, 0.3) is 0 Å². The van der Waals surface area contributed by atoms with Crippen LogP contribution >= 0.6 is 11.3 Å². The van der Waals surface area contributed by atoms with E-state index in [0.717, 1.165) is 55.9 Å². The van der Waals surface area contributed by atoms with Crippen molar-refractivity contribution >= 4 is 33.1 Å². The number of benzene rings is 3. The zero-order valence-corrected chi connectivity index (χ0v) is 20.1. The predicted molar refractivity (Wildman–Crippen MR) is 140 cm³/mol. The Bertz CT molecular complexity index is 1410. The summed E-state index contributed by atoms with van der Waals surface area (Å²) in [5.74, 6) is 3.99. The molecule has 2 aromatic heterocycles. The Kier molecular flexibility index (Phi) is 6.14. The minimum atomic E-state index is 0.649. The number of aryl methyl sites for hydroxylation is 2. The van der Waals surface area contributed by atoms with Crippen molar-refractivity contribution in [3.8, 4) is 28.4 Å². The Labute approximate surface area is 203 Å². The SMILES string of the molecule is CCOc1ccc(-c2c(C)sc3nc(C)nc(Nc4ccc(Oc5ccccc5)cc4)c23)cc1. The van der Waals surface area contributed by atoms with Crippen LogP contribution in [0.5, 0.6) is 17.2 Å². The lowest BCUT2D eigenvalue weighted by Crippen LogP contribution is -1.98. The summed E-state index contributed by atoms with van der Waals surface area (Å²) in [5.41, 5.74) is 3.20. The predicted octanol–water partition coefficient (Wildman–Crippen LogP) is 7.91. The average molecular weight is 468 g/mol. The summed E-state index contributed by atoms with van der Waals surface area (Å²) >= 11 is 1.69. The minimum absolute atomic E-state index is 0.649. The zero-order chi connectivity index (χ0) is 23.5. The molecule has 0 aliphatic heterocycles. The fourth-order valence-electron chi connectivity index (χ4n) is 3.91. The second kappa shape index (κ2) is 9.53. The molecule has 0 saturated carbocycles. The summed E-state index contributed by atoms with van der Waals surface area (Å²) in [6.45, 7) is 6.69. The van der Waals surface area contributed by atoms with Gasteiger partial charge in [-0.2, -0.15) is 0 Å².